The van der Waals surface area contributed by atoms with Gasteiger partial charge in [0.15, 0.2) is 11.5 Å². The summed E-state index contributed by atoms with van der Waals surface area (Å²) in [5, 5.41) is 0. The second kappa shape index (κ2) is 6.52. The molecule has 4 nitrogen and oxygen atoms in total. The molecule has 1 atom stereocenters. The highest BCUT2D eigenvalue weighted by Crippen LogP contribution is 2.32. The highest BCUT2D eigenvalue weighted by Gasteiger charge is 2.15. The van der Waals surface area contributed by atoms with Crippen LogP contribution in [0.2, 0.25) is 0 Å². The third-order valence-corrected chi connectivity index (χ3v) is 3.68. The third-order valence-electron chi connectivity index (χ3n) is 3.68. The van der Waals surface area contributed by atoms with Gasteiger partial charge < -0.3 is 14.2 Å². The second-order valence-corrected chi connectivity index (χ2v) is 5.36. The molecule has 4 heteroatoms. The molecule has 0 N–H and O–H groups in total. The molecule has 0 fully saturated rings. The zero-order valence-corrected chi connectivity index (χ0v) is 12.5. The Hall–Kier alpha value is -2.49. The molecule has 0 saturated heterocycles. The minimum Gasteiger partial charge on any atom is -0.461 e. The van der Waals surface area contributed by atoms with Gasteiger partial charge in [-0.3, -0.25) is 4.79 Å². The molecule has 0 spiro atoms. The molecule has 114 valence electrons. The normalized spacial score (nSPS) is 13.7. The molecule has 0 bridgehead atoms. The average molecular weight is 298 g/mol. The van der Waals surface area contributed by atoms with Crippen molar-refractivity contribution < 1.29 is 19.0 Å². The number of hydrogen-bond donors (Lipinski definition) is 0. The molecule has 2 aromatic rings. The number of carbonyl (C=O) groups excluding carboxylic acids is 1. The standard InChI is InChI=1S/C18H18O4/c1-13(15-5-3-2-4-6-15)9-18(19)20-11-14-7-8-16-17(10-14)22-12-21-16/h2-8,10,13H,9,11-12H2,1H3. The van der Waals surface area contributed by atoms with Gasteiger partial charge in [0.25, 0.3) is 0 Å². The largest absolute Gasteiger partial charge is 0.461 e. The molecule has 1 aliphatic heterocycles. The Labute approximate surface area is 129 Å². The first-order chi connectivity index (χ1) is 10.7. The van der Waals surface area contributed by atoms with Gasteiger partial charge >= 0.3 is 5.97 Å². The van der Waals surface area contributed by atoms with Crippen molar-refractivity contribution in [1.82, 2.24) is 0 Å². The summed E-state index contributed by atoms with van der Waals surface area (Å²) in [4.78, 5) is 12.0. The molecule has 22 heavy (non-hydrogen) atoms. The summed E-state index contributed by atoms with van der Waals surface area (Å²) in [6, 6.07) is 15.5. The van der Waals surface area contributed by atoms with Crippen molar-refractivity contribution >= 4 is 5.97 Å². The fraction of sp³-hybridized carbons (Fsp3) is 0.278. The van der Waals surface area contributed by atoms with E-state index in [2.05, 4.69) is 0 Å². The van der Waals surface area contributed by atoms with Crippen LogP contribution in [-0.2, 0) is 16.1 Å². The SMILES string of the molecule is CC(CC(=O)OCc1ccc2c(c1)OCO2)c1ccccc1. The lowest BCUT2D eigenvalue weighted by Gasteiger charge is -2.11. The Morgan fingerprint density at radius 3 is 2.73 bits per heavy atom. The van der Waals surface area contributed by atoms with Crippen LogP contribution < -0.4 is 9.47 Å². The van der Waals surface area contributed by atoms with Crippen LogP contribution in [0.4, 0.5) is 0 Å². The van der Waals surface area contributed by atoms with Crippen molar-refractivity contribution in [1.29, 1.82) is 0 Å². The van der Waals surface area contributed by atoms with Crippen LogP contribution in [0, 0.1) is 0 Å². The van der Waals surface area contributed by atoms with Gasteiger partial charge in [0.2, 0.25) is 6.79 Å². The summed E-state index contributed by atoms with van der Waals surface area (Å²) in [6.45, 7) is 2.52. The lowest BCUT2D eigenvalue weighted by Crippen LogP contribution is -2.08. The zero-order chi connectivity index (χ0) is 15.4. The van der Waals surface area contributed by atoms with E-state index in [4.69, 9.17) is 14.2 Å². The van der Waals surface area contributed by atoms with E-state index in [9.17, 15) is 4.79 Å². The van der Waals surface area contributed by atoms with Gasteiger partial charge in [-0.05, 0) is 29.2 Å². The summed E-state index contributed by atoms with van der Waals surface area (Å²) < 4.78 is 15.9. The molecular formula is C18H18O4. The Bertz CT molecular complexity index is 651. The molecule has 3 rings (SSSR count). The van der Waals surface area contributed by atoms with E-state index in [-0.39, 0.29) is 25.3 Å². The average Bonchev–Trinajstić information content (AvgIpc) is 3.01. The molecule has 1 unspecified atom stereocenters. The first kappa shape index (κ1) is 14.4. The molecule has 2 aromatic carbocycles. The summed E-state index contributed by atoms with van der Waals surface area (Å²) >= 11 is 0. The van der Waals surface area contributed by atoms with Crippen LogP contribution >= 0.6 is 0 Å². The van der Waals surface area contributed by atoms with Crippen molar-refractivity contribution in [2.75, 3.05) is 6.79 Å². The van der Waals surface area contributed by atoms with Gasteiger partial charge in [-0.25, -0.2) is 0 Å². The highest BCUT2D eigenvalue weighted by molar-refractivity contribution is 5.70. The molecule has 0 saturated carbocycles. The molecule has 1 aliphatic rings. The predicted octanol–water partition coefficient (Wildman–Crippen LogP) is 3.65. The zero-order valence-electron chi connectivity index (χ0n) is 12.5. The fourth-order valence-corrected chi connectivity index (χ4v) is 2.40. The summed E-state index contributed by atoms with van der Waals surface area (Å²) in [7, 11) is 0. The first-order valence-corrected chi connectivity index (χ1v) is 7.31. The minimum atomic E-state index is -0.200. The lowest BCUT2D eigenvalue weighted by molar-refractivity contribution is -0.145. The molecule has 0 amide bonds. The number of rotatable bonds is 5. The number of ether oxygens (including phenoxy) is 3. The Kier molecular flexibility index (Phi) is 4.28. The molecule has 1 heterocycles. The Morgan fingerprint density at radius 1 is 1.14 bits per heavy atom. The summed E-state index contributed by atoms with van der Waals surface area (Å²) in [5.74, 6) is 1.37. The number of esters is 1. The summed E-state index contributed by atoms with van der Waals surface area (Å²) in [6.07, 6.45) is 0.370. The van der Waals surface area contributed by atoms with Crippen LogP contribution in [0.25, 0.3) is 0 Å². The third kappa shape index (κ3) is 3.39. The van der Waals surface area contributed by atoms with Crippen molar-refractivity contribution in [3.05, 3.63) is 59.7 Å². The molecule has 0 aromatic heterocycles. The molecular weight excluding hydrogens is 280 g/mol. The summed E-state index contributed by atoms with van der Waals surface area (Å²) in [5.41, 5.74) is 2.03. The highest BCUT2D eigenvalue weighted by atomic mass is 16.7. The Balaban J connectivity index is 1.52. The first-order valence-electron chi connectivity index (χ1n) is 7.31. The van der Waals surface area contributed by atoms with Gasteiger partial charge in [-0.15, -0.1) is 0 Å². The maximum atomic E-state index is 12.0. The van der Waals surface area contributed by atoms with Crippen LogP contribution in [0.15, 0.2) is 48.5 Å². The van der Waals surface area contributed by atoms with Crippen LogP contribution in [0.1, 0.15) is 30.4 Å². The molecule has 0 aliphatic carbocycles. The van der Waals surface area contributed by atoms with Crippen molar-refractivity contribution in [2.45, 2.75) is 25.9 Å². The van der Waals surface area contributed by atoms with Crippen LogP contribution in [-0.4, -0.2) is 12.8 Å². The smallest absolute Gasteiger partial charge is 0.306 e. The maximum absolute atomic E-state index is 12.0. The van der Waals surface area contributed by atoms with Gasteiger partial charge in [-0.1, -0.05) is 43.3 Å². The second-order valence-electron chi connectivity index (χ2n) is 5.36. The minimum absolute atomic E-state index is 0.144. The molecule has 0 radical (unpaired) electrons. The van der Waals surface area contributed by atoms with E-state index in [1.54, 1.807) is 0 Å². The van der Waals surface area contributed by atoms with E-state index in [0.717, 1.165) is 16.9 Å². The number of carbonyl (C=O) groups is 1. The van der Waals surface area contributed by atoms with E-state index in [1.807, 2.05) is 55.5 Å². The lowest BCUT2D eigenvalue weighted by atomic mass is 9.98. The number of fused-ring (bicyclic) bond motifs is 1. The van der Waals surface area contributed by atoms with Gasteiger partial charge in [-0.2, -0.15) is 0 Å². The fourth-order valence-electron chi connectivity index (χ4n) is 2.40. The van der Waals surface area contributed by atoms with Gasteiger partial charge in [0.05, 0.1) is 6.42 Å². The van der Waals surface area contributed by atoms with Crippen molar-refractivity contribution in [3.63, 3.8) is 0 Å². The van der Waals surface area contributed by atoms with Gasteiger partial charge in [0, 0.05) is 0 Å². The number of benzene rings is 2. The van der Waals surface area contributed by atoms with Gasteiger partial charge in [0.1, 0.15) is 6.61 Å². The van der Waals surface area contributed by atoms with Crippen molar-refractivity contribution in [2.24, 2.45) is 0 Å². The van der Waals surface area contributed by atoms with E-state index in [0.29, 0.717) is 12.2 Å². The predicted molar refractivity (Wildman–Crippen MR) is 81.8 cm³/mol. The topological polar surface area (TPSA) is 44.8 Å². The van der Waals surface area contributed by atoms with E-state index < -0.39 is 0 Å². The van der Waals surface area contributed by atoms with Crippen LogP contribution in [0.3, 0.4) is 0 Å². The van der Waals surface area contributed by atoms with Crippen molar-refractivity contribution in [3.8, 4) is 11.5 Å². The van der Waals surface area contributed by atoms with E-state index >= 15 is 0 Å². The number of hydrogen-bond acceptors (Lipinski definition) is 4. The maximum Gasteiger partial charge on any atom is 0.306 e. The van der Waals surface area contributed by atoms with Crippen LogP contribution in [0.5, 0.6) is 11.5 Å². The monoisotopic (exact) mass is 298 g/mol. The van der Waals surface area contributed by atoms with E-state index in [1.165, 1.54) is 0 Å². The Morgan fingerprint density at radius 2 is 1.91 bits per heavy atom. The quantitative estimate of drug-likeness (QED) is 0.790.